The molecule has 0 radical (unpaired) electrons. The van der Waals surface area contributed by atoms with E-state index in [4.69, 9.17) is 4.74 Å². The fourth-order valence-electron chi connectivity index (χ4n) is 1.92. The molecule has 0 aliphatic carbocycles. The predicted octanol–water partition coefficient (Wildman–Crippen LogP) is 3.86. The van der Waals surface area contributed by atoms with Gasteiger partial charge < -0.3 is 4.74 Å². The van der Waals surface area contributed by atoms with Crippen molar-refractivity contribution in [3.05, 3.63) is 59.7 Å². The lowest BCUT2D eigenvalue weighted by Gasteiger charge is -2.07. The van der Waals surface area contributed by atoms with E-state index in [1.165, 1.54) is 0 Å². The fraction of sp³-hybridized carbons (Fsp3) is 0. The summed E-state index contributed by atoms with van der Waals surface area (Å²) in [6.07, 6.45) is 1.86. The van der Waals surface area contributed by atoms with Crippen molar-refractivity contribution in [3.8, 4) is 17.6 Å². The van der Waals surface area contributed by atoms with Crippen molar-refractivity contribution >= 4 is 11.6 Å². The molecule has 0 saturated carbocycles. The molecule has 0 amide bonds. The number of fused-ring (bicyclic) bond motifs is 2. The van der Waals surface area contributed by atoms with E-state index < -0.39 is 0 Å². The summed E-state index contributed by atoms with van der Waals surface area (Å²) in [4.78, 5) is 0. The molecular formula is C15H9NO. The first-order valence-electron chi connectivity index (χ1n) is 5.36. The predicted molar refractivity (Wildman–Crippen MR) is 66.4 cm³/mol. The average molecular weight is 219 g/mol. The highest BCUT2D eigenvalue weighted by Crippen LogP contribution is 2.37. The summed E-state index contributed by atoms with van der Waals surface area (Å²) in [6, 6.07) is 17.5. The molecular weight excluding hydrogens is 210 g/mol. The van der Waals surface area contributed by atoms with Crippen molar-refractivity contribution in [1.29, 1.82) is 5.26 Å². The first-order valence-corrected chi connectivity index (χ1v) is 5.36. The third-order valence-electron chi connectivity index (χ3n) is 2.74. The number of benzene rings is 2. The Balaban J connectivity index is 2.29. The van der Waals surface area contributed by atoms with Gasteiger partial charge >= 0.3 is 0 Å². The van der Waals surface area contributed by atoms with Crippen LogP contribution in [0.25, 0.3) is 11.6 Å². The summed E-state index contributed by atoms with van der Waals surface area (Å²) in [6.45, 7) is 0. The monoisotopic (exact) mass is 219 g/mol. The van der Waals surface area contributed by atoms with E-state index in [1.54, 1.807) is 0 Å². The molecule has 1 aliphatic rings. The molecule has 0 spiro atoms. The molecule has 0 atom stereocenters. The molecule has 0 aromatic heterocycles. The summed E-state index contributed by atoms with van der Waals surface area (Å²) in [7, 11) is 0. The van der Waals surface area contributed by atoms with Crippen molar-refractivity contribution in [2.75, 3.05) is 0 Å². The third-order valence-corrected chi connectivity index (χ3v) is 2.74. The standard InChI is InChI=1S/C15H9NO/c16-10-12-9-11-5-1-3-7-14(11)17-15-8-4-2-6-13(12)15/h1-9H. The molecule has 17 heavy (non-hydrogen) atoms. The molecule has 0 bridgehead atoms. The van der Waals surface area contributed by atoms with E-state index in [0.29, 0.717) is 5.57 Å². The lowest BCUT2D eigenvalue weighted by molar-refractivity contribution is 0.481. The Labute approximate surface area is 99.4 Å². The number of nitrogens with zero attached hydrogens (tertiary/aromatic N) is 1. The van der Waals surface area contributed by atoms with Crippen molar-refractivity contribution in [2.45, 2.75) is 0 Å². The van der Waals surface area contributed by atoms with Crippen LogP contribution in [0.1, 0.15) is 11.1 Å². The van der Waals surface area contributed by atoms with Crippen LogP contribution in [0.15, 0.2) is 48.5 Å². The number of ether oxygens (including phenoxy) is 1. The molecule has 0 saturated heterocycles. The molecule has 1 heterocycles. The van der Waals surface area contributed by atoms with Crippen LogP contribution in [-0.4, -0.2) is 0 Å². The molecule has 80 valence electrons. The molecule has 0 unspecified atom stereocenters. The van der Waals surface area contributed by atoms with Gasteiger partial charge in [0.2, 0.25) is 0 Å². The Bertz CT molecular complexity index is 650. The fourth-order valence-corrected chi connectivity index (χ4v) is 1.92. The molecule has 0 fully saturated rings. The van der Waals surface area contributed by atoms with Crippen LogP contribution in [0, 0.1) is 11.3 Å². The zero-order valence-corrected chi connectivity index (χ0v) is 9.05. The third kappa shape index (κ3) is 1.58. The zero-order chi connectivity index (χ0) is 11.7. The topological polar surface area (TPSA) is 33.0 Å². The van der Waals surface area contributed by atoms with Crippen LogP contribution in [0.5, 0.6) is 11.5 Å². The quantitative estimate of drug-likeness (QED) is 0.674. The highest BCUT2D eigenvalue weighted by atomic mass is 16.5. The number of hydrogen-bond donors (Lipinski definition) is 0. The SMILES string of the molecule is N#CC1=Cc2ccccc2Oc2ccccc21. The van der Waals surface area contributed by atoms with Crippen LogP contribution >= 0.6 is 0 Å². The number of rotatable bonds is 0. The molecule has 3 rings (SSSR count). The van der Waals surface area contributed by atoms with Crippen molar-refractivity contribution in [2.24, 2.45) is 0 Å². The number of para-hydroxylation sites is 2. The molecule has 2 nitrogen and oxygen atoms in total. The maximum Gasteiger partial charge on any atom is 0.136 e. The Morgan fingerprint density at radius 2 is 1.59 bits per heavy atom. The van der Waals surface area contributed by atoms with Crippen LogP contribution in [0.2, 0.25) is 0 Å². The summed E-state index contributed by atoms with van der Waals surface area (Å²) in [5.41, 5.74) is 2.40. The van der Waals surface area contributed by atoms with E-state index in [9.17, 15) is 5.26 Å². The van der Waals surface area contributed by atoms with E-state index in [-0.39, 0.29) is 0 Å². The van der Waals surface area contributed by atoms with E-state index >= 15 is 0 Å². The van der Waals surface area contributed by atoms with E-state index in [0.717, 1.165) is 22.6 Å². The first-order chi connectivity index (χ1) is 8.38. The van der Waals surface area contributed by atoms with Crippen molar-refractivity contribution in [3.63, 3.8) is 0 Å². The Kier molecular flexibility index (Phi) is 2.16. The van der Waals surface area contributed by atoms with Gasteiger partial charge in [0.25, 0.3) is 0 Å². The maximum absolute atomic E-state index is 9.21. The first kappa shape index (κ1) is 9.68. The second kappa shape index (κ2) is 3.80. The van der Waals surface area contributed by atoms with Gasteiger partial charge in [0.1, 0.15) is 11.5 Å². The van der Waals surface area contributed by atoms with Gasteiger partial charge in [-0.15, -0.1) is 0 Å². The van der Waals surface area contributed by atoms with Gasteiger partial charge in [0.05, 0.1) is 11.6 Å². The van der Waals surface area contributed by atoms with Gasteiger partial charge in [-0.2, -0.15) is 5.26 Å². The minimum atomic E-state index is 0.630. The van der Waals surface area contributed by atoms with Gasteiger partial charge in [-0.3, -0.25) is 0 Å². The van der Waals surface area contributed by atoms with Gasteiger partial charge in [0.15, 0.2) is 0 Å². The van der Waals surface area contributed by atoms with Crippen molar-refractivity contribution < 1.29 is 4.74 Å². The summed E-state index contributed by atoms with van der Waals surface area (Å²) in [5, 5.41) is 9.21. The van der Waals surface area contributed by atoms with E-state index in [1.807, 2.05) is 54.6 Å². The average Bonchev–Trinajstić information content (AvgIpc) is 2.54. The molecule has 2 aromatic rings. The van der Waals surface area contributed by atoms with Gasteiger partial charge in [-0.25, -0.2) is 0 Å². The lowest BCUT2D eigenvalue weighted by atomic mass is 10.0. The number of hydrogen-bond acceptors (Lipinski definition) is 2. The minimum Gasteiger partial charge on any atom is -0.456 e. The van der Waals surface area contributed by atoms with Gasteiger partial charge in [-0.1, -0.05) is 30.3 Å². The molecule has 2 aromatic carbocycles. The molecule has 1 aliphatic heterocycles. The highest BCUT2D eigenvalue weighted by Gasteiger charge is 2.15. The van der Waals surface area contributed by atoms with Gasteiger partial charge in [-0.05, 0) is 24.3 Å². The second-order valence-corrected chi connectivity index (χ2v) is 3.81. The summed E-state index contributed by atoms with van der Waals surface area (Å²) in [5.74, 6) is 1.51. The largest absolute Gasteiger partial charge is 0.456 e. The minimum absolute atomic E-state index is 0.630. The Morgan fingerprint density at radius 3 is 2.41 bits per heavy atom. The summed E-state index contributed by atoms with van der Waals surface area (Å²) < 4.78 is 5.83. The van der Waals surface area contributed by atoms with Crippen LogP contribution < -0.4 is 4.74 Å². The zero-order valence-electron chi connectivity index (χ0n) is 9.05. The second-order valence-electron chi connectivity index (χ2n) is 3.81. The van der Waals surface area contributed by atoms with Crippen LogP contribution in [0.4, 0.5) is 0 Å². The van der Waals surface area contributed by atoms with Crippen LogP contribution in [-0.2, 0) is 0 Å². The number of nitriles is 1. The molecule has 0 N–H and O–H groups in total. The Hall–Kier alpha value is -2.53. The molecule has 2 heteroatoms. The lowest BCUT2D eigenvalue weighted by Crippen LogP contribution is -1.87. The van der Waals surface area contributed by atoms with Crippen LogP contribution in [0.3, 0.4) is 0 Å². The maximum atomic E-state index is 9.21. The highest BCUT2D eigenvalue weighted by molar-refractivity contribution is 5.93. The normalized spacial score (nSPS) is 12.3. The number of allylic oxidation sites excluding steroid dienone is 1. The van der Waals surface area contributed by atoms with E-state index in [2.05, 4.69) is 6.07 Å². The Morgan fingerprint density at radius 1 is 0.882 bits per heavy atom. The van der Waals surface area contributed by atoms with Crippen molar-refractivity contribution in [1.82, 2.24) is 0 Å². The van der Waals surface area contributed by atoms with Gasteiger partial charge in [0, 0.05) is 11.1 Å². The smallest absolute Gasteiger partial charge is 0.136 e. The summed E-state index contributed by atoms with van der Waals surface area (Å²) >= 11 is 0.